The zero-order chi connectivity index (χ0) is 14.2. The highest BCUT2D eigenvalue weighted by molar-refractivity contribution is 9.10. The Morgan fingerprint density at radius 3 is 2.70 bits per heavy atom. The summed E-state index contributed by atoms with van der Waals surface area (Å²) in [6, 6.07) is 0. The van der Waals surface area contributed by atoms with Gasteiger partial charge in [-0.2, -0.15) is 5.10 Å². The van der Waals surface area contributed by atoms with Gasteiger partial charge in [0, 0.05) is 12.1 Å². The van der Waals surface area contributed by atoms with E-state index in [0.717, 1.165) is 23.9 Å². The first-order chi connectivity index (χ1) is 9.57. The Morgan fingerprint density at radius 1 is 1.40 bits per heavy atom. The van der Waals surface area contributed by atoms with Crippen LogP contribution in [0, 0.1) is 5.92 Å². The predicted octanol–water partition coefficient (Wildman–Crippen LogP) is 3.55. The second kappa shape index (κ2) is 5.51. The lowest BCUT2D eigenvalue weighted by Crippen LogP contribution is -2.37. The molecular formula is C15H22BrN3O. The Bertz CT molecular complexity index is 545. The van der Waals surface area contributed by atoms with Gasteiger partial charge in [0.05, 0.1) is 10.7 Å². The van der Waals surface area contributed by atoms with Gasteiger partial charge in [-0.3, -0.25) is 4.79 Å². The van der Waals surface area contributed by atoms with Crippen molar-refractivity contribution >= 4 is 21.6 Å². The van der Waals surface area contributed by atoms with Crippen molar-refractivity contribution in [3.05, 3.63) is 21.0 Å². The Hall–Kier alpha value is -0.840. The van der Waals surface area contributed by atoms with Crippen LogP contribution in [0.4, 0.5) is 5.69 Å². The number of halogens is 1. The third kappa shape index (κ3) is 2.78. The number of rotatable bonds is 4. The van der Waals surface area contributed by atoms with Gasteiger partial charge in [0.1, 0.15) is 5.69 Å². The molecule has 4 nitrogen and oxygen atoms in total. The molecule has 110 valence electrons. The van der Waals surface area contributed by atoms with Gasteiger partial charge in [-0.05, 0) is 54.5 Å². The smallest absolute Gasteiger partial charge is 0.291 e. The molecule has 1 N–H and O–H groups in total. The van der Waals surface area contributed by atoms with Gasteiger partial charge < -0.3 is 5.32 Å². The lowest BCUT2D eigenvalue weighted by atomic mass is 9.85. The molecule has 0 atom stereocenters. The van der Waals surface area contributed by atoms with Gasteiger partial charge in [-0.25, -0.2) is 4.68 Å². The molecular weight excluding hydrogens is 318 g/mol. The van der Waals surface area contributed by atoms with Gasteiger partial charge in [-0.1, -0.05) is 19.3 Å². The third-order valence-corrected chi connectivity index (χ3v) is 5.39. The molecule has 1 heterocycles. The SMILES string of the molecule is CC1(Nc2c(Br)cnn(CC3CCC3)c2=O)CCCC1. The molecule has 1 aromatic rings. The molecule has 0 spiro atoms. The summed E-state index contributed by atoms with van der Waals surface area (Å²) in [5, 5.41) is 7.76. The highest BCUT2D eigenvalue weighted by atomic mass is 79.9. The fourth-order valence-electron chi connectivity index (χ4n) is 3.21. The number of nitrogens with one attached hydrogen (secondary N) is 1. The van der Waals surface area contributed by atoms with Crippen molar-refractivity contribution in [3.63, 3.8) is 0 Å². The fourth-order valence-corrected chi connectivity index (χ4v) is 3.57. The Kier molecular flexibility index (Phi) is 3.89. The van der Waals surface area contributed by atoms with E-state index in [1.54, 1.807) is 10.9 Å². The minimum absolute atomic E-state index is 0.0133. The van der Waals surface area contributed by atoms with E-state index < -0.39 is 0 Å². The van der Waals surface area contributed by atoms with E-state index in [1.165, 1.54) is 32.1 Å². The van der Waals surface area contributed by atoms with Crippen LogP contribution in [0.25, 0.3) is 0 Å². The van der Waals surface area contributed by atoms with Crippen molar-refractivity contribution in [3.8, 4) is 0 Å². The Labute approximate surface area is 128 Å². The van der Waals surface area contributed by atoms with E-state index in [4.69, 9.17) is 0 Å². The van der Waals surface area contributed by atoms with Crippen LogP contribution >= 0.6 is 15.9 Å². The summed E-state index contributed by atoms with van der Waals surface area (Å²) in [5.41, 5.74) is 0.750. The molecule has 0 unspecified atom stereocenters. The van der Waals surface area contributed by atoms with Crippen LogP contribution in [0.3, 0.4) is 0 Å². The second-order valence-corrected chi connectivity index (χ2v) is 7.40. The molecule has 0 aliphatic heterocycles. The van der Waals surface area contributed by atoms with E-state index in [9.17, 15) is 4.79 Å². The van der Waals surface area contributed by atoms with Crippen molar-refractivity contribution in [2.45, 2.75) is 64.0 Å². The maximum absolute atomic E-state index is 12.6. The van der Waals surface area contributed by atoms with Gasteiger partial charge in [0.2, 0.25) is 0 Å². The van der Waals surface area contributed by atoms with E-state index in [1.807, 2.05) is 0 Å². The van der Waals surface area contributed by atoms with Gasteiger partial charge in [0.15, 0.2) is 0 Å². The number of hydrogen-bond donors (Lipinski definition) is 1. The molecule has 0 aromatic carbocycles. The average molecular weight is 340 g/mol. The summed E-state index contributed by atoms with van der Waals surface area (Å²) >= 11 is 3.47. The van der Waals surface area contributed by atoms with Crippen LogP contribution in [0.1, 0.15) is 51.9 Å². The van der Waals surface area contributed by atoms with Crippen LogP contribution in [-0.4, -0.2) is 15.3 Å². The Balaban J connectivity index is 1.84. The van der Waals surface area contributed by atoms with E-state index in [0.29, 0.717) is 11.6 Å². The van der Waals surface area contributed by atoms with E-state index in [2.05, 4.69) is 33.3 Å². The van der Waals surface area contributed by atoms with Crippen molar-refractivity contribution < 1.29 is 0 Å². The summed E-state index contributed by atoms with van der Waals surface area (Å²) in [5.74, 6) is 0.635. The minimum atomic E-state index is 0.0133. The molecule has 5 heteroatoms. The first-order valence-electron chi connectivity index (χ1n) is 7.61. The molecule has 0 amide bonds. The topological polar surface area (TPSA) is 46.9 Å². The number of hydrogen-bond acceptors (Lipinski definition) is 3. The largest absolute Gasteiger partial charge is 0.374 e. The van der Waals surface area contributed by atoms with E-state index in [-0.39, 0.29) is 11.1 Å². The van der Waals surface area contributed by atoms with Crippen molar-refractivity contribution in [2.24, 2.45) is 5.92 Å². The maximum Gasteiger partial charge on any atom is 0.291 e. The summed E-state index contributed by atoms with van der Waals surface area (Å²) in [7, 11) is 0. The molecule has 2 aliphatic carbocycles. The number of aromatic nitrogens is 2. The molecule has 2 saturated carbocycles. The molecule has 20 heavy (non-hydrogen) atoms. The molecule has 2 aliphatic rings. The first-order valence-corrected chi connectivity index (χ1v) is 8.40. The van der Waals surface area contributed by atoms with Crippen LogP contribution in [0.5, 0.6) is 0 Å². The van der Waals surface area contributed by atoms with Crippen molar-refractivity contribution in [2.75, 3.05) is 5.32 Å². The predicted molar refractivity (Wildman–Crippen MR) is 84.0 cm³/mol. The van der Waals surface area contributed by atoms with Crippen LogP contribution in [0.2, 0.25) is 0 Å². The van der Waals surface area contributed by atoms with Crippen molar-refractivity contribution in [1.82, 2.24) is 9.78 Å². The second-order valence-electron chi connectivity index (χ2n) is 6.54. The highest BCUT2D eigenvalue weighted by Gasteiger charge is 2.30. The van der Waals surface area contributed by atoms with Crippen LogP contribution in [-0.2, 0) is 6.54 Å². The lowest BCUT2D eigenvalue weighted by Gasteiger charge is -2.28. The lowest BCUT2D eigenvalue weighted by molar-refractivity contribution is 0.261. The third-order valence-electron chi connectivity index (χ3n) is 4.79. The normalized spacial score (nSPS) is 21.7. The molecule has 0 bridgehead atoms. The van der Waals surface area contributed by atoms with Gasteiger partial charge >= 0.3 is 0 Å². The molecule has 0 radical (unpaired) electrons. The Morgan fingerprint density at radius 2 is 2.10 bits per heavy atom. The highest BCUT2D eigenvalue weighted by Crippen LogP contribution is 2.33. The van der Waals surface area contributed by atoms with Crippen LogP contribution < -0.4 is 10.9 Å². The standard InChI is InChI=1S/C15H22BrN3O/c1-15(7-2-3-8-15)18-13-12(16)9-17-19(14(13)20)10-11-5-4-6-11/h9,11,18H,2-8,10H2,1H3. The van der Waals surface area contributed by atoms with Gasteiger partial charge in [-0.15, -0.1) is 0 Å². The first kappa shape index (κ1) is 14.1. The summed E-state index contributed by atoms with van der Waals surface area (Å²) in [6.45, 7) is 2.97. The van der Waals surface area contributed by atoms with Gasteiger partial charge in [0.25, 0.3) is 5.56 Å². The summed E-state index contributed by atoms with van der Waals surface area (Å²) < 4.78 is 2.41. The van der Waals surface area contributed by atoms with Crippen molar-refractivity contribution in [1.29, 1.82) is 0 Å². The summed E-state index contributed by atoms with van der Waals surface area (Å²) in [6.07, 6.45) is 10.2. The number of anilines is 1. The molecule has 0 saturated heterocycles. The molecule has 1 aromatic heterocycles. The quantitative estimate of drug-likeness (QED) is 0.912. The maximum atomic E-state index is 12.6. The minimum Gasteiger partial charge on any atom is -0.374 e. The molecule has 3 rings (SSSR count). The van der Waals surface area contributed by atoms with Crippen LogP contribution in [0.15, 0.2) is 15.5 Å². The molecule has 2 fully saturated rings. The zero-order valence-corrected chi connectivity index (χ0v) is 13.6. The number of nitrogens with zero attached hydrogens (tertiary/aromatic N) is 2. The fraction of sp³-hybridized carbons (Fsp3) is 0.733. The van der Waals surface area contributed by atoms with E-state index >= 15 is 0 Å². The average Bonchev–Trinajstić information content (AvgIpc) is 2.79. The summed E-state index contributed by atoms with van der Waals surface area (Å²) in [4.78, 5) is 12.6. The zero-order valence-electron chi connectivity index (χ0n) is 12.0. The monoisotopic (exact) mass is 339 g/mol.